The Labute approximate surface area is 159 Å². The molecule has 0 radical (unpaired) electrons. The van der Waals surface area contributed by atoms with Crippen molar-refractivity contribution in [3.8, 4) is 5.75 Å². The Kier molecular flexibility index (Phi) is 6.30. The number of nitrogens with one attached hydrogen (secondary N) is 1. The monoisotopic (exact) mass is 367 g/mol. The minimum atomic E-state index is -0.139. The van der Waals surface area contributed by atoms with Gasteiger partial charge in [-0.25, -0.2) is 4.79 Å². The summed E-state index contributed by atoms with van der Waals surface area (Å²) in [6.45, 7) is 1.82. The molecule has 1 aliphatic heterocycles. The van der Waals surface area contributed by atoms with Gasteiger partial charge in [0.05, 0.1) is 7.11 Å². The van der Waals surface area contributed by atoms with E-state index in [1.54, 1.807) is 16.9 Å². The van der Waals surface area contributed by atoms with Gasteiger partial charge in [-0.3, -0.25) is 9.69 Å². The van der Waals surface area contributed by atoms with Crippen molar-refractivity contribution in [3.05, 3.63) is 60.2 Å². The quantitative estimate of drug-likeness (QED) is 0.730. The number of aryl methyl sites for hydroxylation is 1. The molecule has 1 N–H and O–H groups in total. The van der Waals surface area contributed by atoms with E-state index in [0.29, 0.717) is 19.6 Å². The maximum atomic E-state index is 12.6. The lowest BCUT2D eigenvalue weighted by atomic mass is 10.1. The molecule has 3 rings (SSSR count). The second-order valence-electron chi connectivity index (χ2n) is 6.49. The number of carbonyl (C=O) groups is 2. The molecule has 0 unspecified atom stereocenters. The number of ether oxygens (including phenoxy) is 1. The molecule has 1 heterocycles. The van der Waals surface area contributed by atoms with Crippen molar-refractivity contribution >= 4 is 17.6 Å². The van der Waals surface area contributed by atoms with Gasteiger partial charge in [0.25, 0.3) is 0 Å². The van der Waals surface area contributed by atoms with Gasteiger partial charge < -0.3 is 15.0 Å². The van der Waals surface area contributed by atoms with E-state index in [1.807, 2.05) is 42.5 Å². The molecule has 1 aliphatic rings. The van der Waals surface area contributed by atoms with E-state index >= 15 is 0 Å². The third-order valence-electron chi connectivity index (χ3n) is 4.62. The number of amides is 3. The smallest absolute Gasteiger partial charge is 0.325 e. The summed E-state index contributed by atoms with van der Waals surface area (Å²) < 4.78 is 5.14. The fraction of sp³-hybridized carbons (Fsp3) is 0.333. The zero-order chi connectivity index (χ0) is 19.1. The molecule has 1 fully saturated rings. The van der Waals surface area contributed by atoms with Crippen LogP contribution in [0.2, 0.25) is 0 Å². The van der Waals surface area contributed by atoms with Crippen molar-refractivity contribution in [3.63, 3.8) is 0 Å². The van der Waals surface area contributed by atoms with Crippen LogP contribution in [0.25, 0.3) is 0 Å². The molecule has 6 heteroatoms. The van der Waals surface area contributed by atoms with Gasteiger partial charge >= 0.3 is 6.03 Å². The number of methoxy groups -OCH3 is 1. The number of rotatable bonds is 8. The van der Waals surface area contributed by atoms with E-state index in [1.165, 1.54) is 5.56 Å². The maximum Gasteiger partial charge on any atom is 0.325 e. The first kappa shape index (κ1) is 18.8. The molecule has 0 saturated carbocycles. The fourth-order valence-electron chi connectivity index (χ4n) is 3.13. The van der Waals surface area contributed by atoms with Crippen LogP contribution in [-0.2, 0) is 11.2 Å². The molecule has 0 spiro atoms. The second-order valence-corrected chi connectivity index (χ2v) is 6.49. The molecule has 0 aromatic heterocycles. The average molecular weight is 367 g/mol. The van der Waals surface area contributed by atoms with Crippen molar-refractivity contribution in [2.45, 2.75) is 12.8 Å². The van der Waals surface area contributed by atoms with Crippen LogP contribution in [0.4, 0.5) is 10.5 Å². The maximum absolute atomic E-state index is 12.6. The third-order valence-corrected chi connectivity index (χ3v) is 4.62. The molecule has 1 saturated heterocycles. The lowest BCUT2D eigenvalue weighted by molar-refractivity contribution is -0.121. The normalized spacial score (nSPS) is 13.7. The van der Waals surface area contributed by atoms with Crippen LogP contribution >= 0.6 is 0 Å². The van der Waals surface area contributed by atoms with Crippen LogP contribution in [0.1, 0.15) is 12.0 Å². The van der Waals surface area contributed by atoms with Crippen LogP contribution in [0.15, 0.2) is 54.6 Å². The second kappa shape index (κ2) is 9.07. The van der Waals surface area contributed by atoms with Crippen LogP contribution < -0.4 is 15.0 Å². The van der Waals surface area contributed by atoms with E-state index in [9.17, 15) is 9.59 Å². The minimum absolute atomic E-state index is 0.0941. The van der Waals surface area contributed by atoms with Crippen LogP contribution in [0, 0.1) is 0 Å². The molecule has 2 aromatic carbocycles. The number of benzene rings is 2. The Hall–Kier alpha value is -3.02. The summed E-state index contributed by atoms with van der Waals surface area (Å²) in [5.41, 5.74) is 2.07. The van der Waals surface area contributed by atoms with Gasteiger partial charge in [-0.15, -0.1) is 0 Å². The van der Waals surface area contributed by atoms with Gasteiger partial charge in [0, 0.05) is 25.3 Å². The highest BCUT2D eigenvalue weighted by atomic mass is 16.5. The van der Waals surface area contributed by atoms with Gasteiger partial charge in [-0.05, 0) is 42.7 Å². The van der Waals surface area contributed by atoms with Crippen LogP contribution in [0.5, 0.6) is 5.75 Å². The highest BCUT2D eigenvalue weighted by Crippen LogP contribution is 2.23. The molecule has 6 nitrogen and oxygen atoms in total. The molecule has 3 amide bonds. The highest BCUT2D eigenvalue weighted by molar-refractivity contribution is 5.96. The van der Waals surface area contributed by atoms with Crippen molar-refractivity contribution in [1.29, 1.82) is 0 Å². The average Bonchev–Trinajstić information content (AvgIpc) is 3.06. The van der Waals surface area contributed by atoms with Crippen molar-refractivity contribution in [1.82, 2.24) is 10.2 Å². The first-order valence-electron chi connectivity index (χ1n) is 9.18. The summed E-state index contributed by atoms with van der Waals surface area (Å²) in [4.78, 5) is 28.0. The van der Waals surface area contributed by atoms with Crippen molar-refractivity contribution in [2.24, 2.45) is 0 Å². The predicted octanol–water partition coefficient (Wildman–Crippen LogP) is 2.69. The Morgan fingerprint density at radius 3 is 2.52 bits per heavy atom. The summed E-state index contributed by atoms with van der Waals surface area (Å²) >= 11 is 0. The summed E-state index contributed by atoms with van der Waals surface area (Å²) in [5.74, 6) is 0.630. The van der Waals surface area contributed by atoms with Crippen molar-refractivity contribution < 1.29 is 14.3 Å². The van der Waals surface area contributed by atoms with E-state index < -0.39 is 0 Å². The number of nitrogens with zero attached hydrogens (tertiary/aromatic N) is 2. The lowest BCUT2D eigenvalue weighted by Crippen LogP contribution is -2.40. The largest absolute Gasteiger partial charge is 0.497 e. The van der Waals surface area contributed by atoms with Gasteiger partial charge in [0.15, 0.2) is 0 Å². The number of hydrogen-bond donors (Lipinski definition) is 1. The first-order valence-corrected chi connectivity index (χ1v) is 9.18. The van der Waals surface area contributed by atoms with E-state index in [4.69, 9.17) is 4.74 Å². The molecular weight excluding hydrogens is 342 g/mol. The molecule has 0 atom stereocenters. The Balaban J connectivity index is 1.42. The van der Waals surface area contributed by atoms with E-state index in [-0.39, 0.29) is 18.5 Å². The summed E-state index contributed by atoms with van der Waals surface area (Å²) in [6.07, 6.45) is 1.80. The predicted molar refractivity (Wildman–Crippen MR) is 105 cm³/mol. The molecule has 2 aromatic rings. The lowest BCUT2D eigenvalue weighted by Gasteiger charge is -2.18. The fourth-order valence-corrected chi connectivity index (χ4v) is 3.13. The Bertz CT molecular complexity index is 762. The molecule has 0 aliphatic carbocycles. The highest BCUT2D eigenvalue weighted by Gasteiger charge is 2.30. The van der Waals surface area contributed by atoms with Gasteiger partial charge in [0.2, 0.25) is 5.91 Å². The standard InChI is InChI=1S/C21H25N3O3/c1-27-19-11-9-18(10-12-19)24-15-14-23(21(24)26)16-20(25)22-13-5-8-17-6-3-2-4-7-17/h2-4,6-7,9-12H,5,8,13-16H2,1H3,(H,22,25). The molecule has 0 bridgehead atoms. The minimum Gasteiger partial charge on any atom is -0.497 e. The van der Waals surface area contributed by atoms with Crippen LogP contribution in [0.3, 0.4) is 0 Å². The number of anilines is 1. The number of carbonyl (C=O) groups excluding carboxylic acids is 2. The third kappa shape index (κ3) is 5.00. The zero-order valence-corrected chi connectivity index (χ0v) is 15.6. The Morgan fingerprint density at radius 1 is 1.07 bits per heavy atom. The van der Waals surface area contributed by atoms with Crippen LogP contribution in [-0.4, -0.2) is 50.1 Å². The topological polar surface area (TPSA) is 61.9 Å². The number of urea groups is 1. The summed E-state index contributed by atoms with van der Waals surface area (Å²) in [6, 6.07) is 17.4. The molecular formula is C21H25N3O3. The zero-order valence-electron chi connectivity index (χ0n) is 15.6. The van der Waals surface area contributed by atoms with E-state index in [0.717, 1.165) is 24.3 Å². The van der Waals surface area contributed by atoms with Gasteiger partial charge in [-0.2, -0.15) is 0 Å². The first-order chi connectivity index (χ1) is 13.2. The van der Waals surface area contributed by atoms with E-state index in [2.05, 4.69) is 17.4 Å². The SMILES string of the molecule is COc1ccc(N2CCN(CC(=O)NCCCc3ccccc3)C2=O)cc1. The summed E-state index contributed by atoms with van der Waals surface area (Å²) in [5, 5.41) is 2.90. The van der Waals surface area contributed by atoms with Gasteiger partial charge in [0.1, 0.15) is 12.3 Å². The molecule has 27 heavy (non-hydrogen) atoms. The number of hydrogen-bond acceptors (Lipinski definition) is 3. The summed E-state index contributed by atoms with van der Waals surface area (Å²) in [7, 11) is 1.61. The van der Waals surface area contributed by atoms with Crippen molar-refractivity contribution in [2.75, 3.05) is 38.2 Å². The Morgan fingerprint density at radius 2 is 1.81 bits per heavy atom. The van der Waals surface area contributed by atoms with Gasteiger partial charge in [-0.1, -0.05) is 30.3 Å². The molecule has 142 valence electrons.